The van der Waals surface area contributed by atoms with Gasteiger partial charge in [0.25, 0.3) is 5.91 Å². The highest BCUT2D eigenvalue weighted by Crippen LogP contribution is 2.34. The monoisotopic (exact) mass is 416 g/mol. The number of benzene rings is 1. The molecule has 28 heavy (non-hydrogen) atoms. The molecule has 5 nitrogen and oxygen atoms in total. The maximum absolute atomic E-state index is 14.3. The van der Waals surface area contributed by atoms with Gasteiger partial charge in [-0.15, -0.1) is 0 Å². The molecule has 0 saturated heterocycles. The number of aliphatic imine (C=N–C) groups is 1. The lowest BCUT2D eigenvalue weighted by atomic mass is 10.0. The van der Waals surface area contributed by atoms with Crippen LogP contribution in [0.25, 0.3) is 0 Å². The van der Waals surface area contributed by atoms with E-state index in [1.54, 1.807) is 0 Å². The van der Waals surface area contributed by atoms with Crippen molar-refractivity contribution in [2.75, 3.05) is 6.54 Å². The molecule has 150 valence electrons. The smallest absolute Gasteiger partial charge is 0.345 e. The van der Waals surface area contributed by atoms with Gasteiger partial charge in [0, 0.05) is 5.56 Å². The Hall–Kier alpha value is -2.42. The zero-order chi connectivity index (χ0) is 20.9. The van der Waals surface area contributed by atoms with Crippen molar-refractivity contribution in [3.8, 4) is 0 Å². The van der Waals surface area contributed by atoms with Crippen molar-refractivity contribution in [2.24, 2.45) is 10.1 Å². The van der Waals surface area contributed by atoms with Gasteiger partial charge in [-0.05, 0) is 32.9 Å². The molecule has 2 aliphatic rings. The van der Waals surface area contributed by atoms with Crippen LogP contribution in [-0.4, -0.2) is 34.0 Å². The zero-order valence-corrected chi connectivity index (χ0v) is 16.0. The molecule has 0 unspecified atom stereocenters. The topological polar surface area (TPSA) is 57.1 Å². The summed E-state index contributed by atoms with van der Waals surface area (Å²) in [7, 11) is 0. The number of allylic oxidation sites excluding steroid dienone is 1. The molecule has 1 N–H and O–H groups in total. The van der Waals surface area contributed by atoms with Gasteiger partial charge in [0.2, 0.25) is 0 Å². The molecule has 0 radical (unpaired) electrons. The van der Waals surface area contributed by atoms with Gasteiger partial charge in [-0.25, -0.2) is 9.40 Å². The van der Waals surface area contributed by atoms with Crippen molar-refractivity contribution in [3.63, 3.8) is 0 Å². The number of alkyl halides is 3. The fourth-order valence-corrected chi connectivity index (χ4v) is 3.25. The maximum atomic E-state index is 14.3. The van der Waals surface area contributed by atoms with Crippen LogP contribution in [0.5, 0.6) is 0 Å². The summed E-state index contributed by atoms with van der Waals surface area (Å²) in [5.74, 6) is -1.75. The van der Waals surface area contributed by atoms with Crippen molar-refractivity contribution in [1.82, 2.24) is 10.3 Å². The normalized spacial score (nSPS) is 19.4. The van der Waals surface area contributed by atoms with E-state index in [1.165, 1.54) is 24.1 Å². The standard InChI is InChI=1S/C18H17ClF4N4O/c1-9(10-5-4-6-12(14(10)20)18(21,22)23)24-16(28)11-7-13(19)26-27-8-17(2,3)25-15(11)27/h4-7,9H,8H2,1-3H3,(H,24,28)/t9-/m1/s1. The van der Waals surface area contributed by atoms with Crippen LogP contribution in [0.4, 0.5) is 17.6 Å². The number of fused-ring (bicyclic) bond motifs is 1. The van der Waals surface area contributed by atoms with E-state index in [0.717, 1.165) is 6.07 Å². The van der Waals surface area contributed by atoms with E-state index in [2.05, 4.69) is 15.4 Å². The molecule has 0 saturated carbocycles. The molecule has 1 amide bonds. The Kier molecular flexibility index (Phi) is 4.99. The average molecular weight is 417 g/mol. The molecule has 1 atom stereocenters. The van der Waals surface area contributed by atoms with Crippen molar-refractivity contribution in [2.45, 2.75) is 38.5 Å². The number of hydrazone groups is 1. The Morgan fingerprint density at radius 1 is 1.36 bits per heavy atom. The number of rotatable bonds is 3. The Morgan fingerprint density at radius 3 is 2.68 bits per heavy atom. The van der Waals surface area contributed by atoms with Crippen molar-refractivity contribution < 1.29 is 22.4 Å². The lowest BCUT2D eigenvalue weighted by Crippen LogP contribution is -2.38. The van der Waals surface area contributed by atoms with Crippen molar-refractivity contribution in [3.05, 3.63) is 46.8 Å². The molecule has 3 rings (SSSR count). The molecule has 1 aromatic rings. The molecule has 0 aliphatic carbocycles. The molecule has 0 bridgehead atoms. The Balaban J connectivity index is 1.87. The number of halogens is 5. The summed E-state index contributed by atoms with van der Waals surface area (Å²) in [6.07, 6.45) is -3.51. The molecule has 0 fully saturated rings. The molecule has 2 heterocycles. The van der Waals surface area contributed by atoms with Gasteiger partial charge in [-0.2, -0.15) is 18.3 Å². The third-order valence-corrected chi connectivity index (χ3v) is 4.49. The van der Waals surface area contributed by atoms with Crippen LogP contribution in [-0.2, 0) is 11.0 Å². The summed E-state index contributed by atoms with van der Waals surface area (Å²) in [6.45, 7) is 5.53. The summed E-state index contributed by atoms with van der Waals surface area (Å²) in [6, 6.07) is 1.93. The van der Waals surface area contributed by atoms with E-state index in [4.69, 9.17) is 11.6 Å². The van der Waals surface area contributed by atoms with Gasteiger partial charge in [-0.3, -0.25) is 9.79 Å². The highest BCUT2D eigenvalue weighted by Gasteiger charge is 2.38. The lowest BCUT2D eigenvalue weighted by molar-refractivity contribution is -0.140. The minimum Gasteiger partial charge on any atom is -0.345 e. The van der Waals surface area contributed by atoms with Crippen LogP contribution in [0, 0.1) is 5.82 Å². The average Bonchev–Trinajstić information content (AvgIpc) is 2.86. The lowest BCUT2D eigenvalue weighted by Gasteiger charge is -2.23. The number of nitrogens with one attached hydrogen (secondary N) is 1. The zero-order valence-electron chi connectivity index (χ0n) is 15.2. The molecule has 0 spiro atoms. The van der Waals surface area contributed by atoms with E-state index in [0.29, 0.717) is 18.4 Å². The van der Waals surface area contributed by atoms with E-state index >= 15 is 0 Å². The fraction of sp³-hybridized carbons (Fsp3) is 0.389. The number of hydrogen-bond donors (Lipinski definition) is 1. The van der Waals surface area contributed by atoms with Gasteiger partial charge in [0.05, 0.1) is 29.3 Å². The fourth-order valence-electron chi connectivity index (χ4n) is 3.05. The first-order valence-electron chi connectivity index (χ1n) is 8.39. The number of carbonyl (C=O) groups excluding carboxylic acids is 1. The van der Waals surface area contributed by atoms with E-state index < -0.39 is 35.0 Å². The second-order valence-corrected chi connectivity index (χ2v) is 7.58. The highest BCUT2D eigenvalue weighted by molar-refractivity contribution is 6.69. The largest absolute Gasteiger partial charge is 0.419 e. The van der Waals surface area contributed by atoms with Crippen molar-refractivity contribution in [1.29, 1.82) is 0 Å². The first-order chi connectivity index (χ1) is 12.9. The Bertz CT molecular complexity index is 921. The van der Waals surface area contributed by atoms with Crippen molar-refractivity contribution >= 4 is 28.5 Å². The first kappa shape index (κ1) is 20.3. The molecular weight excluding hydrogens is 400 g/mol. The predicted molar refractivity (Wildman–Crippen MR) is 97.6 cm³/mol. The van der Waals surface area contributed by atoms with Crippen LogP contribution >= 0.6 is 11.6 Å². The number of nitrogens with zero attached hydrogens (tertiary/aromatic N) is 3. The minimum absolute atomic E-state index is 0.0692. The summed E-state index contributed by atoms with van der Waals surface area (Å²) in [5, 5.41) is 8.18. The van der Waals surface area contributed by atoms with Gasteiger partial charge in [0.15, 0.2) is 11.0 Å². The Labute approximate surface area is 163 Å². The van der Waals surface area contributed by atoms with Gasteiger partial charge < -0.3 is 5.32 Å². The molecule has 2 aliphatic heterocycles. The van der Waals surface area contributed by atoms with E-state index in [9.17, 15) is 22.4 Å². The number of carbonyl (C=O) groups is 1. The first-order valence-corrected chi connectivity index (χ1v) is 8.77. The minimum atomic E-state index is -4.83. The highest BCUT2D eigenvalue weighted by atomic mass is 35.5. The SMILES string of the molecule is C[C@@H](NC(=O)C1=CC(Cl)=NN2CC(C)(C)N=C12)c1cccc(C(F)(F)F)c1F. The van der Waals surface area contributed by atoms with E-state index in [1.807, 2.05) is 13.8 Å². The number of amides is 1. The summed E-state index contributed by atoms with van der Waals surface area (Å²) < 4.78 is 53.1. The third-order valence-electron chi connectivity index (χ3n) is 4.30. The molecule has 1 aromatic carbocycles. The summed E-state index contributed by atoms with van der Waals surface area (Å²) in [4.78, 5) is 17.2. The number of hydrogen-bond acceptors (Lipinski definition) is 4. The molecule has 0 aromatic heterocycles. The number of amidine groups is 1. The van der Waals surface area contributed by atoms with Gasteiger partial charge in [-0.1, -0.05) is 23.7 Å². The molecular formula is C18H17ClF4N4O. The summed E-state index contributed by atoms with van der Waals surface area (Å²) in [5.41, 5.74) is -2.03. The third kappa shape index (κ3) is 3.89. The van der Waals surface area contributed by atoms with Gasteiger partial charge >= 0.3 is 6.18 Å². The van der Waals surface area contributed by atoms with Gasteiger partial charge in [0.1, 0.15) is 5.82 Å². The van der Waals surface area contributed by atoms with E-state index in [-0.39, 0.29) is 16.3 Å². The van der Waals surface area contributed by atoms with Crippen LogP contribution in [0.2, 0.25) is 0 Å². The predicted octanol–water partition coefficient (Wildman–Crippen LogP) is 4.01. The van der Waals surface area contributed by atoms with Crippen LogP contribution in [0.3, 0.4) is 0 Å². The second kappa shape index (κ2) is 6.88. The molecule has 10 heteroatoms. The van der Waals surface area contributed by atoms with Crippen LogP contribution in [0.15, 0.2) is 39.9 Å². The van der Waals surface area contributed by atoms with Crippen LogP contribution < -0.4 is 5.32 Å². The van der Waals surface area contributed by atoms with Crippen LogP contribution in [0.1, 0.15) is 37.9 Å². The summed E-state index contributed by atoms with van der Waals surface area (Å²) >= 11 is 5.98. The quantitative estimate of drug-likeness (QED) is 0.757. The second-order valence-electron chi connectivity index (χ2n) is 7.19. The maximum Gasteiger partial charge on any atom is 0.419 e. The Morgan fingerprint density at radius 2 is 2.04 bits per heavy atom.